The van der Waals surface area contributed by atoms with Crippen molar-refractivity contribution in [2.24, 2.45) is 11.5 Å². The summed E-state index contributed by atoms with van der Waals surface area (Å²) in [6.45, 7) is 6.74. The number of unbranched alkanes of at least 4 members (excludes halogenated alkanes) is 2. The highest BCUT2D eigenvalue weighted by Crippen LogP contribution is 1.97. The van der Waals surface area contributed by atoms with E-state index in [2.05, 4.69) is 5.32 Å². The fourth-order valence-corrected chi connectivity index (χ4v) is 1.78. The molecule has 0 aromatic rings. The highest BCUT2D eigenvalue weighted by molar-refractivity contribution is 5.73. The highest BCUT2D eigenvalue weighted by Gasteiger charge is 2.06. The second kappa shape index (κ2) is 12.8. The van der Waals surface area contributed by atoms with Crippen molar-refractivity contribution < 1.29 is 4.79 Å². The predicted octanol–water partition coefficient (Wildman–Crippen LogP) is 0.292. The van der Waals surface area contributed by atoms with Crippen LogP contribution in [0.3, 0.4) is 0 Å². The van der Waals surface area contributed by atoms with Crippen molar-refractivity contribution in [1.29, 1.82) is 0 Å². The molecule has 18 heavy (non-hydrogen) atoms. The Hall–Kier alpha value is -0.650. The predicted molar refractivity (Wildman–Crippen MR) is 76.3 cm³/mol. The molecule has 0 aliphatic heterocycles. The summed E-state index contributed by atoms with van der Waals surface area (Å²) in [4.78, 5) is 13.2. The van der Waals surface area contributed by atoms with Crippen molar-refractivity contribution in [1.82, 2.24) is 10.2 Å². The number of amides is 1. The molecule has 0 fully saturated rings. The molecule has 5 nitrogen and oxygen atoms in total. The Morgan fingerprint density at radius 2 is 1.50 bits per heavy atom. The van der Waals surface area contributed by atoms with E-state index >= 15 is 0 Å². The minimum atomic E-state index is 0.152. The van der Waals surface area contributed by atoms with Crippen molar-refractivity contribution in [2.45, 2.75) is 39.0 Å². The molecule has 0 spiro atoms. The molecule has 0 aliphatic carbocycles. The van der Waals surface area contributed by atoms with Gasteiger partial charge in [0.25, 0.3) is 0 Å². The molecule has 108 valence electrons. The van der Waals surface area contributed by atoms with E-state index in [0.717, 1.165) is 64.8 Å². The van der Waals surface area contributed by atoms with E-state index in [1.54, 1.807) is 6.92 Å². The maximum absolute atomic E-state index is 11.3. The summed E-state index contributed by atoms with van der Waals surface area (Å²) < 4.78 is 0. The van der Waals surface area contributed by atoms with Crippen LogP contribution in [0, 0.1) is 0 Å². The number of nitrogens with two attached hydrogens (primary N) is 2. The molecule has 0 aromatic heterocycles. The van der Waals surface area contributed by atoms with Crippen LogP contribution in [-0.4, -0.2) is 50.1 Å². The molecule has 0 aliphatic rings. The van der Waals surface area contributed by atoms with Gasteiger partial charge >= 0.3 is 0 Å². The first-order chi connectivity index (χ1) is 8.72. The standard InChI is InChI=1S/C13H30N4O/c1-13(18)17(12-6-8-15)11-5-4-10-16-9-3-2-7-14/h16H,2-12,14-15H2,1H3. The summed E-state index contributed by atoms with van der Waals surface area (Å²) >= 11 is 0. The SMILES string of the molecule is CC(=O)N(CCCN)CCCCNCCCCN. The van der Waals surface area contributed by atoms with Gasteiger partial charge in [0.2, 0.25) is 5.91 Å². The van der Waals surface area contributed by atoms with Gasteiger partial charge in [0.15, 0.2) is 0 Å². The minimum Gasteiger partial charge on any atom is -0.343 e. The number of carbonyl (C=O) groups excluding carboxylic acids is 1. The third kappa shape index (κ3) is 10.5. The number of hydrogen-bond donors (Lipinski definition) is 3. The molecule has 0 rings (SSSR count). The third-order valence-electron chi connectivity index (χ3n) is 2.92. The molecule has 5 N–H and O–H groups in total. The van der Waals surface area contributed by atoms with Crippen LogP contribution < -0.4 is 16.8 Å². The highest BCUT2D eigenvalue weighted by atomic mass is 16.2. The fraction of sp³-hybridized carbons (Fsp3) is 0.923. The largest absolute Gasteiger partial charge is 0.343 e. The quantitative estimate of drug-likeness (QED) is 0.439. The van der Waals surface area contributed by atoms with Crippen LogP contribution in [0.25, 0.3) is 0 Å². The van der Waals surface area contributed by atoms with Gasteiger partial charge in [-0.05, 0) is 58.3 Å². The van der Waals surface area contributed by atoms with E-state index in [1.165, 1.54) is 0 Å². The Balaban J connectivity index is 3.40. The minimum absolute atomic E-state index is 0.152. The summed E-state index contributed by atoms with van der Waals surface area (Å²) in [7, 11) is 0. The lowest BCUT2D eigenvalue weighted by Crippen LogP contribution is -2.32. The lowest BCUT2D eigenvalue weighted by molar-refractivity contribution is -0.128. The first-order valence-corrected chi connectivity index (χ1v) is 7.08. The maximum atomic E-state index is 11.3. The van der Waals surface area contributed by atoms with Crippen LogP contribution in [0.5, 0.6) is 0 Å². The molecule has 0 heterocycles. The Kier molecular flexibility index (Phi) is 12.3. The first-order valence-electron chi connectivity index (χ1n) is 7.08. The summed E-state index contributed by atoms with van der Waals surface area (Å²) in [6.07, 6.45) is 5.27. The van der Waals surface area contributed by atoms with Gasteiger partial charge in [-0.1, -0.05) is 0 Å². The van der Waals surface area contributed by atoms with Crippen LogP contribution in [0.1, 0.15) is 39.0 Å². The van der Waals surface area contributed by atoms with E-state index in [4.69, 9.17) is 11.5 Å². The Labute approximate surface area is 111 Å². The molecule has 0 bridgehead atoms. The molecular weight excluding hydrogens is 228 g/mol. The van der Waals surface area contributed by atoms with Crippen LogP contribution in [0.2, 0.25) is 0 Å². The van der Waals surface area contributed by atoms with Crippen LogP contribution >= 0.6 is 0 Å². The lowest BCUT2D eigenvalue weighted by atomic mass is 10.2. The zero-order valence-corrected chi connectivity index (χ0v) is 11.8. The lowest BCUT2D eigenvalue weighted by Gasteiger charge is -2.20. The van der Waals surface area contributed by atoms with E-state index in [-0.39, 0.29) is 5.91 Å². The first kappa shape index (κ1) is 17.4. The van der Waals surface area contributed by atoms with Crippen LogP contribution in [0.15, 0.2) is 0 Å². The molecule has 0 saturated heterocycles. The van der Waals surface area contributed by atoms with E-state index in [1.807, 2.05) is 4.90 Å². The van der Waals surface area contributed by atoms with Gasteiger partial charge in [0.1, 0.15) is 0 Å². The van der Waals surface area contributed by atoms with E-state index < -0.39 is 0 Å². The van der Waals surface area contributed by atoms with Gasteiger partial charge in [-0.3, -0.25) is 4.79 Å². The topological polar surface area (TPSA) is 84.4 Å². The van der Waals surface area contributed by atoms with E-state index in [0.29, 0.717) is 6.54 Å². The molecule has 0 saturated carbocycles. The van der Waals surface area contributed by atoms with Crippen molar-refractivity contribution in [3.05, 3.63) is 0 Å². The molecule has 0 unspecified atom stereocenters. The second-order valence-corrected chi connectivity index (χ2v) is 4.60. The number of rotatable bonds is 12. The van der Waals surface area contributed by atoms with E-state index in [9.17, 15) is 4.79 Å². The maximum Gasteiger partial charge on any atom is 0.219 e. The Bertz CT molecular complexity index is 199. The second-order valence-electron chi connectivity index (χ2n) is 4.60. The third-order valence-corrected chi connectivity index (χ3v) is 2.92. The normalized spacial score (nSPS) is 10.6. The average molecular weight is 258 g/mol. The van der Waals surface area contributed by atoms with Gasteiger partial charge in [0.05, 0.1) is 0 Å². The molecule has 5 heteroatoms. The molecular formula is C13H30N4O. The molecule has 0 aromatic carbocycles. The zero-order chi connectivity index (χ0) is 13.6. The molecule has 0 atom stereocenters. The summed E-state index contributed by atoms with van der Waals surface area (Å²) in [6, 6.07) is 0. The number of nitrogens with one attached hydrogen (secondary N) is 1. The number of nitrogens with zero attached hydrogens (tertiary/aromatic N) is 1. The van der Waals surface area contributed by atoms with Crippen molar-refractivity contribution >= 4 is 5.91 Å². The zero-order valence-electron chi connectivity index (χ0n) is 11.8. The summed E-state index contributed by atoms with van der Waals surface area (Å²) in [5.74, 6) is 0.152. The van der Waals surface area contributed by atoms with Gasteiger partial charge in [-0.25, -0.2) is 0 Å². The molecule has 1 amide bonds. The Morgan fingerprint density at radius 3 is 2.06 bits per heavy atom. The van der Waals surface area contributed by atoms with Crippen molar-refractivity contribution in [3.63, 3.8) is 0 Å². The smallest absolute Gasteiger partial charge is 0.219 e. The van der Waals surface area contributed by atoms with Gasteiger partial charge in [0, 0.05) is 20.0 Å². The number of carbonyl (C=O) groups is 1. The van der Waals surface area contributed by atoms with Gasteiger partial charge in [-0.15, -0.1) is 0 Å². The van der Waals surface area contributed by atoms with Crippen molar-refractivity contribution in [2.75, 3.05) is 39.3 Å². The fourth-order valence-electron chi connectivity index (χ4n) is 1.78. The monoisotopic (exact) mass is 258 g/mol. The Morgan fingerprint density at radius 1 is 0.944 bits per heavy atom. The molecule has 0 radical (unpaired) electrons. The average Bonchev–Trinajstić information content (AvgIpc) is 2.35. The summed E-state index contributed by atoms with van der Waals surface area (Å²) in [5, 5.41) is 3.39. The van der Waals surface area contributed by atoms with Crippen LogP contribution in [0.4, 0.5) is 0 Å². The number of hydrogen-bond acceptors (Lipinski definition) is 4. The van der Waals surface area contributed by atoms with Crippen molar-refractivity contribution in [3.8, 4) is 0 Å². The summed E-state index contributed by atoms with van der Waals surface area (Å²) in [5.41, 5.74) is 10.9. The van der Waals surface area contributed by atoms with Gasteiger partial charge < -0.3 is 21.7 Å². The van der Waals surface area contributed by atoms with Gasteiger partial charge in [-0.2, -0.15) is 0 Å². The van der Waals surface area contributed by atoms with Crippen LogP contribution in [-0.2, 0) is 4.79 Å².